The Morgan fingerprint density at radius 1 is 1.21 bits per heavy atom. The Balaban J connectivity index is 1.86. The van der Waals surface area contributed by atoms with E-state index in [-0.39, 0.29) is 23.1 Å². The molecule has 0 aliphatic rings. The maximum absolute atomic E-state index is 12.4. The molecule has 29 heavy (non-hydrogen) atoms. The normalized spacial score (nSPS) is 11.9. The number of oxazole rings is 1. The van der Waals surface area contributed by atoms with Gasteiger partial charge in [-0.15, -0.1) is 0 Å². The number of aryl methyl sites for hydroxylation is 1. The molecule has 0 fully saturated rings. The van der Waals surface area contributed by atoms with Gasteiger partial charge in [-0.2, -0.15) is 0 Å². The van der Waals surface area contributed by atoms with Gasteiger partial charge in [0.2, 0.25) is 15.9 Å². The first-order chi connectivity index (χ1) is 13.6. The minimum atomic E-state index is -3.73. The lowest BCUT2D eigenvalue weighted by molar-refractivity contribution is -0.116. The third kappa shape index (κ3) is 4.77. The molecule has 0 saturated carbocycles. The Morgan fingerprint density at radius 3 is 2.59 bits per heavy atom. The quantitative estimate of drug-likeness (QED) is 0.562. The van der Waals surface area contributed by atoms with Crippen LogP contribution in [0.4, 0.5) is 5.69 Å². The number of nitrogens with zero attached hydrogens (tertiary/aromatic N) is 1. The molecule has 0 radical (unpaired) electrons. The van der Waals surface area contributed by atoms with Gasteiger partial charge in [-0.05, 0) is 56.7 Å². The second kappa shape index (κ2) is 8.13. The van der Waals surface area contributed by atoms with E-state index in [1.807, 2.05) is 13.0 Å². The molecule has 1 aromatic heterocycles. The molecule has 0 spiro atoms. The first-order valence-electron chi connectivity index (χ1n) is 8.78. The molecular formula is C19H20BrN3O5S. The topological polar surface area (TPSA) is 110 Å². The van der Waals surface area contributed by atoms with Crippen molar-refractivity contribution in [1.82, 2.24) is 9.29 Å². The average molecular weight is 482 g/mol. The number of fused-ring (bicyclic) bond motifs is 1. The van der Waals surface area contributed by atoms with E-state index in [9.17, 15) is 18.0 Å². The van der Waals surface area contributed by atoms with Crippen LogP contribution in [-0.4, -0.2) is 24.9 Å². The standard InChI is InChI=1S/C19H20BrN3O5S/c1-11(2)22-29(26,27)14-5-7-16-17(9-14)28-19(25)23(16)10-18(24)21-13-4-6-15(20)12(3)8-13/h4-9,11,22H,10H2,1-3H3,(H,21,24). The molecule has 0 bridgehead atoms. The van der Waals surface area contributed by atoms with Gasteiger partial charge < -0.3 is 9.73 Å². The highest BCUT2D eigenvalue weighted by atomic mass is 79.9. The van der Waals surface area contributed by atoms with E-state index in [1.165, 1.54) is 18.2 Å². The molecule has 0 aliphatic carbocycles. The number of hydrogen-bond donors (Lipinski definition) is 2. The van der Waals surface area contributed by atoms with E-state index >= 15 is 0 Å². The molecule has 154 valence electrons. The lowest BCUT2D eigenvalue weighted by Crippen LogP contribution is -2.30. The summed E-state index contributed by atoms with van der Waals surface area (Å²) in [7, 11) is -3.73. The number of amides is 1. The number of hydrogen-bond acceptors (Lipinski definition) is 5. The fraction of sp³-hybridized carbons (Fsp3) is 0.263. The van der Waals surface area contributed by atoms with E-state index in [0.29, 0.717) is 11.2 Å². The minimum Gasteiger partial charge on any atom is -0.408 e. The first kappa shape index (κ1) is 21.3. The van der Waals surface area contributed by atoms with Crippen molar-refractivity contribution in [3.8, 4) is 0 Å². The van der Waals surface area contributed by atoms with Gasteiger partial charge in [0.1, 0.15) is 6.54 Å². The van der Waals surface area contributed by atoms with Crippen molar-refractivity contribution < 1.29 is 17.6 Å². The van der Waals surface area contributed by atoms with E-state index in [0.717, 1.165) is 14.6 Å². The SMILES string of the molecule is Cc1cc(NC(=O)Cn2c(=O)oc3cc(S(=O)(=O)NC(C)C)ccc32)ccc1Br. The van der Waals surface area contributed by atoms with Gasteiger partial charge in [0, 0.05) is 22.3 Å². The van der Waals surface area contributed by atoms with Gasteiger partial charge in [0.15, 0.2) is 5.58 Å². The lowest BCUT2D eigenvalue weighted by Gasteiger charge is -2.09. The third-order valence-corrected chi connectivity index (χ3v) is 6.63. The number of benzene rings is 2. The molecule has 0 unspecified atom stereocenters. The molecule has 10 heteroatoms. The molecule has 0 saturated heterocycles. The van der Waals surface area contributed by atoms with E-state index in [1.54, 1.807) is 26.0 Å². The average Bonchev–Trinajstić information content (AvgIpc) is 2.92. The van der Waals surface area contributed by atoms with Crippen molar-refractivity contribution in [2.24, 2.45) is 0 Å². The number of carbonyl (C=O) groups excluding carboxylic acids is 1. The number of aromatic nitrogens is 1. The predicted molar refractivity (Wildman–Crippen MR) is 113 cm³/mol. The number of anilines is 1. The fourth-order valence-electron chi connectivity index (χ4n) is 2.81. The van der Waals surface area contributed by atoms with Crippen LogP contribution in [0.2, 0.25) is 0 Å². The Hall–Kier alpha value is -2.43. The van der Waals surface area contributed by atoms with Crippen LogP contribution in [0.3, 0.4) is 0 Å². The van der Waals surface area contributed by atoms with E-state index in [2.05, 4.69) is 26.0 Å². The molecule has 2 N–H and O–H groups in total. The summed E-state index contributed by atoms with van der Waals surface area (Å²) in [6.45, 7) is 5.04. The van der Waals surface area contributed by atoms with Crippen molar-refractivity contribution in [1.29, 1.82) is 0 Å². The molecule has 0 aliphatic heterocycles. The predicted octanol–water partition coefficient (Wildman–Crippen LogP) is 2.99. The third-order valence-electron chi connectivity index (χ3n) is 4.08. The van der Waals surface area contributed by atoms with Crippen molar-refractivity contribution in [2.45, 2.75) is 38.3 Å². The highest BCUT2D eigenvalue weighted by Gasteiger charge is 2.19. The van der Waals surface area contributed by atoms with Gasteiger partial charge in [0.05, 0.1) is 10.4 Å². The van der Waals surface area contributed by atoms with Crippen LogP contribution in [0, 0.1) is 6.92 Å². The maximum atomic E-state index is 12.4. The van der Waals surface area contributed by atoms with Crippen molar-refractivity contribution in [3.05, 3.63) is 57.0 Å². The van der Waals surface area contributed by atoms with Crippen molar-refractivity contribution in [3.63, 3.8) is 0 Å². The van der Waals surface area contributed by atoms with Crippen LogP contribution < -0.4 is 15.8 Å². The van der Waals surface area contributed by atoms with Crippen LogP contribution in [0.15, 0.2) is 55.0 Å². The zero-order valence-corrected chi connectivity index (χ0v) is 18.4. The largest absolute Gasteiger partial charge is 0.420 e. The minimum absolute atomic E-state index is 0.0191. The van der Waals surface area contributed by atoms with Crippen molar-refractivity contribution >= 4 is 48.6 Å². The summed E-state index contributed by atoms with van der Waals surface area (Å²) in [5, 5.41) is 2.73. The van der Waals surface area contributed by atoms with Crippen molar-refractivity contribution in [2.75, 3.05) is 5.32 Å². The Kier molecular flexibility index (Phi) is 5.97. The maximum Gasteiger partial charge on any atom is 0.420 e. The second-order valence-electron chi connectivity index (χ2n) is 6.87. The first-order valence-corrected chi connectivity index (χ1v) is 11.1. The Labute approximate surface area is 176 Å². The molecule has 2 aromatic carbocycles. The summed E-state index contributed by atoms with van der Waals surface area (Å²) in [5.41, 5.74) is 1.98. The highest BCUT2D eigenvalue weighted by Crippen LogP contribution is 2.21. The monoisotopic (exact) mass is 481 g/mol. The Morgan fingerprint density at radius 2 is 1.93 bits per heavy atom. The molecule has 1 amide bonds. The van der Waals surface area contributed by atoms with Gasteiger partial charge in [0.25, 0.3) is 0 Å². The van der Waals surface area contributed by atoms with Gasteiger partial charge in [-0.3, -0.25) is 9.36 Å². The number of halogens is 1. The molecule has 3 aromatic rings. The van der Waals surface area contributed by atoms with Gasteiger partial charge in [-0.1, -0.05) is 15.9 Å². The zero-order valence-electron chi connectivity index (χ0n) is 16.0. The van der Waals surface area contributed by atoms with Crippen LogP contribution >= 0.6 is 15.9 Å². The van der Waals surface area contributed by atoms with Crippen LogP contribution in [0.5, 0.6) is 0 Å². The zero-order chi connectivity index (χ0) is 21.3. The van der Waals surface area contributed by atoms with Crippen LogP contribution in [0.1, 0.15) is 19.4 Å². The second-order valence-corrected chi connectivity index (χ2v) is 9.44. The summed E-state index contributed by atoms with van der Waals surface area (Å²) < 4.78 is 34.3. The van der Waals surface area contributed by atoms with Gasteiger partial charge in [-0.25, -0.2) is 17.9 Å². The summed E-state index contributed by atoms with van der Waals surface area (Å²) in [4.78, 5) is 24.6. The van der Waals surface area contributed by atoms with Gasteiger partial charge >= 0.3 is 5.76 Å². The lowest BCUT2D eigenvalue weighted by atomic mass is 10.2. The molecule has 1 heterocycles. The molecular weight excluding hydrogens is 462 g/mol. The molecule has 3 rings (SSSR count). The van der Waals surface area contributed by atoms with Crippen LogP contribution in [0.25, 0.3) is 11.1 Å². The Bertz CT molecular complexity index is 1240. The number of rotatable bonds is 6. The summed E-state index contributed by atoms with van der Waals surface area (Å²) in [5.74, 6) is -1.15. The fourth-order valence-corrected chi connectivity index (χ4v) is 4.32. The van der Waals surface area contributed by atoms with Crippen LogP contribution in [-0.2, 0) is 21.4 Å². The number of carbonyl (C=O) groups is 1. The highest BCUT2D eigenvalue weighted by molar-refractivity contribution is 9.10. The molecule has 0 atom stereocenters. The summed E-state index contributed by atoms with van der Waals surface area (Å²) in [6.07, 6.45) is 0. The number of nitrogens with one attached hydrogen (secondary N) is 2. The smallest absolute Gasteiger partial charge is 0.408 e. The molecule has 8 nitrogen and oxygen atoms in total. The summed E-state index contributed by atoms with van der Waals surface area (Å²) >= 11 is 3.40. The van der Waals surface area contributed by atoms with E-state index < -0.39 is 21.7 Å². The summed E-state index contributed by atoms with van der Waals surface area (Å²) in [6, 6.07) is 9.17. The number of sulfonamides is 1. The van der Waals surface area contributed by atoms with E-state index in [4.69, 9.17) is 4.42 Å².